The summed E-state index contributed by atoms with van der Waals surface area (Å²) >= 11 is 5.84. The third kappa shape index (κ3) is 2.61. The van der Waals surface area contributed by atoms with Crippen LogP contribution in [0.5, 0.6) is 11.6 Å². The van der Waals surface area contributed by atoms with Crippen LogP contribution in [0, 0.1) is 0 Å². The molecule has 0 saturated carbocycles. The topological polar surface area (TPSA) is 47.0 Å². The molecule has 0 atom stereocenters. The van der Waals surface area contributed by atoms with E-state index in [1.165, 1.54) is 6.33 Å². The van der Waals surface area contributed by atoms with E-state index in [9.17, 15) is 0 Å². The Morgan fingerprint density at radius 3 is 2.88 bits per heavy atom. The van der Waals surface area contributed by atoms with Crippen molar-refractivity contribution in [1.29, 1.82) is 0 Å². The Kier molecular flexibility index (Phi) is 3.22. The van der Waals surface area contributed by atoms with Gasteiger partial charge in [-0.05, 0) is 18.2 Å². The standard InChI is InChI=1S/C11H10ClN3O/c1-13-10-6-11(15-7-14-10)16-9-4-2-3-8(12)5-9/h2-7H,1H3,(H,13,14,15). The molecule has 2 aromatic rings. The minimum absolute atomic E-state index is 0.474. The van der Waals surface area contributed by atoms with Crippen LogP contribution in [-0.4, -0.2) is 17.0 Å². The van der Waals surface area contributed by atoms with Gasteiger partial charge in [-0.2, -0.15) is 0 Å². The molecule has 4 nitrogen and oxygen atoms in total. The van der Waals surface area contributed by atoms with Crippen LogP contribution >= 0.6 is 11.6 Å². The zero-order valence-corrected chi connectivity index (χ0v) is 9.40. The van der Waals surface area contributed by atoms with E-state index in [0.717, 1.165) is 0 Å². The van der Waals surface area contributed by atoms with Crippen molar-refractivity contribution in [3.8, 4) is 11.6 Å². The number of ether oxygens (including phenoxy) is 1. The van der Waals surface area contributed by atoms with Crippen LogP contribution in [0.15, 0.2) is 36.7 Å². The van der Waals surface area contributed by atoms with E-state index >= 15 is 0 Å². The predicted molar refractivity (Wildman–Crippen MR) is 63.1 cm³/mol. The molecule has 1 N–H and O–H groups in total. The minimum atomic E-state index is 0.474. The fourth-order valence-electron chi connectivity index (χ4n) is 1.18. The van der Waals surface area contributed by atoms with Gasteiger partial charge in [0.15, 0.2) is 0 Å². The van der Waals surface area contributed by atoms with Gasteiger partial charge in [0.1, 0.15) is 17.9 Å². The lowest BCUT2D eigenvalue weighted by Crippen LogP contribution is -1.94. The zero-order chi connectivity index (χ0) is 11.4. The summed E-state index contributed by atoms with van der Waals surface area (Å²) in [5.74, 6) is 1.82. The molecule has 82 valence electrons. The maximum absolute atomic E-state index is 5.84. The molecule has 0 amide bonds. The Labute approximate surface area is 98.3 Å². The summed E-state index contributed by atoms with van der Waals surface area (Å²) in [6.07, 6.45) is 1.44. The van der Waals surface area contributed by atoms with Crippen LogP contribution in [0.25, 0.3) is 0 Å². The van der Waals surface area contributed by atoms with E-state index in [0.29, 0.717) is 22.5 Å². The monoisotopic (exact) mass is 235 g/mol. The number of rotatable bonds is 3. The number of halogens is 1. The number of hydrogen-bond acceptors (Lipinski definition) is 4. The molecule has 1 aromatic carbocycles. The summed E-state index contributed by atoms with van der Waals surface area (Å²) in [7, 11) is 1.78. The van der Waals surface area contributed by atoms with E-state index < -0.39 is 0 Å². The number of hydrogen-bond donors (Lipinski definition) is 1. The van der Waals surface area contributed by atoms with Crippen LogP contribution in [-0.2, 0) is 0 Å². The second-order valence-corrected chi connectivity index (χ2v) is 3.49. The molecule has 0 spiro atoms. The van der Waals surface area contributed by atoms with Crippen molar-refractivity contribution in [3.63, 3.8) is 0 Å². The summed E-state index contributed by atoms with van der Waals surface area (Å²) in [4.78, 5) is 7.98. The lowest BCUT2D eigenvalue weighted by atomic mass is 10.3. The molecular formula is C11H10ClN3O. The Morgan fingerprint density at radius 1 is 1.25 bits per heavy atom. The molecule has 5 heteroatoms. The summed E-state index contributed by atoms with van der Waals surface area (Å²) < 4.78 is 5.53. The quantitative estimate of drug-likeness (QED) is 0.889. The van der Waals surface area contributed by atoms with Crippen molar-refractivity contribution in [2.45, 2.75) is 0 Å². The highest BCUT2D eigenvalue weighted by Crippen LogP contribution is 2.23. The lowest BCUT2D eigenvalue weighted by Gasteiger charge is -2.05. The van der Waals surface area contributed by atoms with Crippen LogP contribution in [0.2, 0.25) is 5.02 Å². The second kappa shape index (κ2) is 4.81. The second-order valence-electron chi connectivity index (χ2n) is 3.05. The Morgan fingerprint density at radius 2 is 2.12 bits per heavy atom. The van der Waals surface area contributed by atoms with Crippen molar-refractivity contribution >= 4 is 17.4 Å². The number of nitrogens with zero attached hydrogens (tertiary/aromatic N) is 2. The molecule has 0 bridgehead atoms. The van der Waals surface area contributed by atoms with Crippen LogP contribution in [0.1, 0.15) is 0 Å². The van der Waals surface area contributed by atoms with E-state index in [-0.39, 0.29) is 0 Å². The SMILES string of the molecule is CNc1cc(Oc2cccc(Cl)c2)ncn1. The zero-order valence-electron chi connectivity index (χ0n) is 8.64. The average Bonchev–Trinajstić information content (AvgIpc) is 2.29. The number of aromatic nitrogens is 2. The van der Waals surface area contributed by atoms with Crippen LogP contribution in [0.3, 0.4) is 0 Å². The highest BCUT2D eigenvalue weighted by Gasteiger charge is 2.00. The normalized spacial score (nSPS) is 9.88. The van der Waals surface area contributed by atoms with E-state index in [2.05, 4.69) is 15.3 Å². The van der Waals surface area contributed by atoms with Gasteiger partial charge in [0, 0.05) is 18.1 Å². The minimum Gasteiger partial charge on any atom is -0.439 e. The maximum Gasteiger partial charge on any atom is 0.224 e. The van der Waals surface area contributed by atoms with Gasteiger partial charge in [-0.25, -0.2) is 9.97 Å². The fraction of sp³-hybridized carbons (Fsp3) is 0.0909. The highest BCUT2D eigenvalue weighted by molar-refractivity contribution is 6.30. The molecule has 0 unspecified atom stereocenters. The van der Waals surface area contributed by atoms with Gasteiger partial charge in [-0.1, -0.05) is 17.7 Å². The van der Waals surface area contributed by atoms with Gasteiger partial charge in [0.05, 0.1) is 0 Å². The van der Waals surface area contributed by atoms with Gasteiger partial charge in [-0.15, -0.1) is 0 Å². The van der Waals surface area contributed by atoms with Crippen molar-refractivity contribution in [3.05, 3.63) is 41.7 Å². The number of nitrogens with one attached hydrogen (secondary N) is 1. The van der Waals surface area contributed by atoms with Crippen LogP contribution < -0.4 is 10.1 Å². The fourth-order valence-corrected chi connectivity index (χ4v) is 1.36. The Balaban J connectivity index is 2.20. The van der Waals surface area contributed by atoms with Crippen molar-refractivity contribution in [2.75, 3.05) is 12.4 Å². The average molecular weight is 236 g/mol. The van der Waals surface area contributed by atoms with Crippen LogP contribution in [0.4, 0.5) is 5.82 Å². The summed E-state index contributed by atoms with van der Waals surface area (Å²) in [6.45, 7) is 0. The summed E-state index contributed by atoms with van der Waals surface area (Å²) in [6, 6.07) is 8.85. The summed E-state index contributed by atoms with van der Waals surface area (Å²) in [5, 5.41) is 3.53. The van der Waals surface area contributed by atoms with E-state index in [1.807, 2.05) is 12.1 Å². The predicted octanol–water partition coefficient (Wildman–Crippen LogP) is 2.96. The van der Waals surface area contributed by atoms with Gasteiger partial charge in [-0.3, -0.25) is 0 Å². The van der Waals surface area contributed by atoms with Crippen molar-refractivity contribution < 1.29 is 4.74 Å². The molecule has 0 saturated heterocycles. The summed E-state index contributed by atoms with van der Waals surface area (Å²) in [5.41, 5.74) is 0. The van der Waals surface area contributed by atoms with E-state index in [1.54, 1.807) is 25.2 Å². The molecule has 0 radical (unpaired) electrons. The first-order valence-electron chi connectivity index (χ1n) is 4.71. The largest absolute Gasteiger partial charge is 0.439 e. The molecule has 1 aromatic heterocycles. The molecule has 2 rings (SSSR count). The lowest BCUT2D eigenvalue weighted by molar-refractivity contribution is 0.462. The third-order valence-corrected chi connectivity index (χ3v) is 2.15. The smallest absolute Gasteiger partial charge is 0.224 e. The van der Waals surface area contributed by atoms with Gasteiger partial charge in [0.2, 0.25) is 5.88 Å². The third-order valence-electron chi connectivity index (χ3n) is 1.92. The Hall–Kier alpha value is -1.81. The van der Waals surface area contributed by atoms with Crippen molar-refractivity contribution in [2.24, 2.45) is 0 Å². The maximum atomic E-state index is 5.84. The molecule has 0 aliphatic carbocycles. The van der Waals surface area contributed by atoms with E-state index in [4.69, 9.17) is 16.3 Å². The molecule has 0 fully saturated rings. The van der Waals surface area contributed by atoms with Crippen molar-refractivity contribution in [1.82, 2.24) is 9.97 Å². The first kappa shape index (κ1) is 10.7. The Bertz CT molecular complexity index is 490. The molecular weight excluding hydrogens is 226 g/mol. The van der Waals surface area contributed by atoms with Gasteiger partial charge >= 0.3 is 0 Å². The molecule has 16 heavy (non-hydrogen) atoms. The van der Waals surface area contributed by atoms with Gasteiger partial charge < -0.3 is 10.1 Å². The molecule has 1 heterocycles. The number of anilines is 1. The first-order valence-corrected chi connectivity index (χ1v) is 5.09. The highest BCUT2D eigenvalue weighted by atomic mass is 35.5. The molecule has 0 aliphatic rings. The first-order chi connectivity index (χ1) is 7.78. The molecule has 0 aliphatic heterocycles. The number of benzene rings is 1. The van der Waals surface area contributed by atoms with Gasteiger partial charge in [0.25, 0.3) is 0 Å².